The summed E-state index contributed by atoms with van der Waals surface area (Å²) < 4.78 is 56.9. The summed E-state index contributed by atoms with van der Waals surface area (Å²) in [5, 5.41) is 0. The highest BCUT2D eigenvalue weighted by Gasteiger charge is 2.46. The van der Waals surface area contributed by atoms with E-state index in [1.54, 1.807) is 53.4 Å². The summed E-state index contributed by atoms with van der Waals surface area (Å²) >= 11 is 0. The van der Waals surface area contributed by atoms with Crippen LogP contribution < -0.4 is 9.64 Å². The number of carbonyl (C=O) groups is 1. The monoisotopic (exact) mass is 497 g/mol. The highest BCUT2D eigenvalue weighted by molar-refractivity contribution is 5.92. The summed E-state index contributed by atoms with van der Waals surface area (Å²) in [4.78, 5) is 14.4. The molecule has 0 bridgehead atoms. The second-order valence-corrected chi connectivity index (χ2v) is 8.95. The number of halogens is 3. The average molecular weight is 498 g/mol. The third kappa shape index (κ3) is 5.18. The van der Waals surface area contributed by atoms with Crippen LogP contribution in [0.2, 0.25) is 0 Å². The van der Waals surface area contributed by atoms with Crippen LogP contribution in [0.25, 0.3) is 0 Å². The first-order valence-corrected chi connectivity index (χ1v) is 11.9. The summed E-state index contributed by atoms with van der Waals surface area (Å²) in [6, 6.07) is 23.6. The van der Waals surface area contributed by atoms with Gasteiger partial charge < -0.3 is 14.2 Å². The lowest BCUT2D eigenvalue weighted by Crippen LogP contribution is -2.38. The molecule has 1 amide bonds. The number of ether oxygens (including phenoxy) is 3. The zero-order valence-electron chi connectivity index (χ0n) is 19.5. The molecule has 8 heteroatoms. The average Bonchev–Trinajstić information content (AvgIpc) is 3.23. The molecule has 3 aromatic rings. The van der Waals surface area contributed by atoms with Gasteiger partial charge in [-0.25, -0.2) is 4.79 Å². The van der Waals surface area contributed by atoms with Crippen LogP contribution in [-0.4, -0.2) is 31.0 Å². The number of carbonyl (C=O) groups excluding carboxylic acids is 1. The van der Waals surface area contributed by atoms with E-state index in [9.17, 15) is 18.0 Å². The van der Waals surface area contributed by atoms with E-state index in [-0.39, 0.29) is 31.8 Å². The number of cyclic esters (lactones) is 1. The fourth-order valence-corrected chi connectivity index (χ4v) is 4.79. The van der Waals surface area contributed by atoms with E-state index in [4.69, 9.17) is 14.2 Å². The standard InChI is InChI=1S/C28H26F3NO4/c29-28(30,31)25(35-18-19-7-3-1-4-8-19)15-16-34-22-12-14-23-21(17-22)11-13-24-26(36-27(33)32(23)24)20-9-5-2-6-10-20/h1-10,12,14,17,24-26H,11,13,15-16,18H2/t24?,25?,26-/m1/s1. The topological polar surface area (TPSA) is 48.0 Å². The number of alkyl halides is 3. The molecule has 2 unspecified atom stereocenters. The lowest BCUT2D eigenvalue weighted by molar-refractivity contribution is -0.226. The normalized spacial score (nSPS) is 19.9. The van der Waals surface area contributed by atoms with E-state index in [0.29, 0.717) is 24.2 Å². The van der Waals surface area contributed by atoms with Crippen molar-refractivity contribution in [3.63, 3.8) is 0 Å². The lowest BCUT2D eigenvalue weighted by atomic mass is 9.91. The van der Waals surface area contributed by atoms with E-state index >= 15 is 0 Å². The van der Waals surface area contributed by atoms with Crippen molar-refractivity contribution in [2.24, 2.45) is 0 Å². The molecule has 1 saturated heterocycles. The fourth-order valence-electron chi connectivity index (χ4n) is 4.79. The molecule has 1 fully saturated rings. The Morgan fingerprint density at radius 1 is 1.00 bits per heavy atom. The van der Waals surface area contributed by atoms with Gasteiger partial charge in [0.25, 0.3) is 0 Å². The predicted octanol–water partition coefficient (Wildman–Crippen LogP) is 6.62. The van der Waals surface area contributed by atoms with Crippen LogP contribution in [0.3, 0.4) is 0 Å². The van der Waals surface area contributed by atoms with Gasteiger partial charge in [-0.15, -0.1) is 0 Å². The number of hydrogen-bond donors (Lipinski definition) is 0. The van der Waals surface area contributed by atoms with E-state index in [1.807, 2.05) is 30.3 Å². The molecule has 2 heterocycles. The Bertz CT molecular complexity index is 1190. The van der Waals surface area contributed by atoms with Crippen molar-refractivity contribution in [2.75, 3.05) is 11.5 Å². The molecular formula is C28H26F3NO4. The van der Waals surface area contributed by atoms with Crippen LogP contribution in [0.15, 0.2) is 78.9 Å². The smallest absolute Gasteiger partial charge is 0.415 e. The highest BCUT2D eigenvalue weighted by Crippen LogP contribution is 2.43. The van der Waals surface area contributed by atoms with Gasteiger partial charge in [0.1, 0.15) is 11.9 Å². The third-order valence-corrected chi connectivity index (χ3v) is 6.56. The Morgan fingerprint density at radius 3 is 2.44 bits per heavy atom. The first kappa shape index (κ1) is 24.2. The molecule has 3 atom stereocenters. The number of rotatable bonds is 8. The Hall–Kier alpha value is -3.52. The highest BCUT2D eigenvalue weighted by atomic mass is 19.4. The van der Waals surface area contributed by atoms with E-state index < -0.39 is 18.4 Å². The molecule has 2 aliphatic heterocycles. The SMILES string of the molecule is O=C1O[C@H](c2ccccc2)C2CCc3cc(OCCC(OCc4ccccc4)C(F)(F)F)ccc3N12. The molecule has 5 nitrogen and oxygen atoms in total. The van der Waals surface area contributed by atoms with Gasteiger partial charge in [-0.1, -0.05) is 60.7 Å². The molecule has 0 N–H and O–H groups in total. The van der Waals surface area contributed by atoms with Crippen molar-refractivity contribution in [1.29, 1.82) is 0 Å². The number of amides is 1. The number of nitrogens with zero attached hydrogens (tertiary/aromatic N) is 1. The molecule has 0 aliphatic carbocycles. The summed E-state index contributed by atoms with van der Waals surface area (Å²) in [5.74, 6) is 0.461. The van der Waals surface area contributed by atoms with Crippen LogP contribution in [0, 0.1) is 0 Å². The minimum atomic E-state index is -4.49. The Labute approximate surface area is 207 Å². The maximum atomic E-state index is 13.5. The molecule has 36 heavy (non-hydrogen) atoms. The van der Waals surface area contributed by atoms with Gasteiger partial charge in [-0.2, -0.15) is 13.2 Å². The molecule has 0 saturated carbocycles. The Morgan fingerprint density at radius 2 is 1.72 bits per heavy atom. The maximum Gasteiger partial charge on any atom is 0.415 e. The maximum absolute atomic E-state index is 13.5. The second kappa shape index (κ2) is 10.2. The predicted molar refractivity (Wildman–Crippen MR) is 128 cm³/mol. The summed E-state index contributed by atoms with van der Waals surface area (Å²) in [6.45, 7) is -0.275. The lowest BCUT2D eigenvalue weighted by Gasteiger charge is -2.31. The van der Waals surface area contributed by atoms with Gasteiger partial charge in [0, 0.05) is 6.42 Å². The van der Waals surface area contributed by atoms with E-state index in [1.165, 1.54) is 0 Å². The van der Waals surface area contributed by atoms with Crippen LogP contribution >= 0.6 is 0 Å². The fraction of sp³-hybridized carbons (Fsp3) is 0.321. The van der Waals surface area contributed by atoms with Gasteiger partial charge >= 0.3 is 12.3 Å². The van der Waals surface area contributed by atoms with Crippen LogP contribution in [0.1, 0.15) is 35.6 Å². The number of fused-ring (bicyclic) bond motifs is 3. The van der Waals surface area contributed by atoms with Crippen LogP contribution in [-0.2, 0) is 22.5 Å². The first-order chi connectivity index (χ1) is 17.4. The number of anilines is 1. The first-order valence-electron chi connectivity index (χ1n) is 11.9. The van der Waals surface area contributed by atoms with Crippen LogP contribution in [0.4, 0.5) is 23.7 Å². The van der Waals surface area contributed by atoms with Gasteiger partial charge in [0.15, 0.2) is 6.10 Å². The number of aryl methyl sites for hydroxylation is 1. The minimum Gasteiger partial charge on any atom is -0.493 e. The van der Waals surface area contributed by atoms with E-state index in [0.717, 1.165) is 16.8 Å². The van der Waals surface area contributed by atoms with Gasteiger partial charge in [-0.3, -0.25) is 4.90 Å². The minimum absolute atomic E-state index is 0.103. The van der Waals surface area contributed by atoms with Crippen molar-refractivity contribution in [2.45, 2.75) is 50.3 Å². The number of hydrogen-bond acceptors (Lipinski definition) is 4. The van der Waals surface area contributed by atoms with Crippen molar-refractivity contribution in [3.8, 4) is 5.75 Å². The van der Waals surface area contributed by atoms with Crippen LogP contribution in [0.5, 0.6) is 5.75 Å². The van der Waals surface area contributed by atoms with Gasteiger partial charge in [0.2, 0.25) is 0 Å². The molecule has 188 valence electrons. The quantitative estimate of drug-likeness (QED) is 0.351. The molecule has 2 aliphatic rings. The Kier molecular flexibility index (Phi) is 6.87. The summed E-state index contributed by atoms with van der Waals surface area (Å²) in [6.07, 6.45) is -6.05. The van der Waals surface area contributed by atoms with Gasteiger partial charge in [0.05, 0.1) is 24.9 Å². The zero-order valence-corrected chi connectivity index (χ0v) is 19.5. The zero-order chi connectivity index (χ0) is 25.1. The van der Waals surface area contributed by atoms with Crippen molar-refractivity contribution < 1.29 is 32.2 Å². The van der Waals surface area contributed by atoms with Crippen molar-refractivity contribution in [3.05, 3.63) is 95.6 Å². The molecule has 0 aromatic heterocycles. The molecule has 3 aromatic carbocycles. The number of benzene rings is 3. The third-order valence-electron chi connectivity index (χ3n) is 6.56. The molecular weight excluding hydrogens is 471 g/mol. The molecule has 0 spiro atoms. The summed E-state index contributed by atoms with van der Waals surface area (Å²) in [7, 11) is 0. The summed E-state index contributed by atoms with van der Waals surface area (Å²) in [5.41, 5.74) is 3.29. The van der Waals surface area contributed by atoms with Crippen molar-refractivity contribution >= 4 is 11.8 Å². The molecule has 0 radical (unpaired) electrons. The Balaban J connectivity index is 1.22. The largest absolute Gasteiger partial charge is 0.493 e. The van der Waals surface area contributed by atoms with Crippen molar-refractivity contribution in [1.82, 2.24) is 0 Å². The second-order valence-electron chi connectivity index (χ2n) is 8.95. The van der Waals surface area contributed by atoms with E-state index in [2.05, 4.69) is 0 Å². The molecule has 5 rings (SSSR count). The van der Waals surface area contributed by atoms with Gasteiger partial charge in [-0.05, 0) is 47.7 Å².